The van der Waals surface area contributed by atoms with Gasteiger partial charge in [0, 0.05) is 36.8 Å². The summed E-state index contributed by atoms with van der Waals surface area (Å²) in [6, 6.07) is 6.90. The summed E-state index contributed by atoms with van der Waals surface area (Å²) in [6.07, 6.45) is 2.04. The smallest absolute Gasteiger partial charge is 0.227 e. The summed E-state index contributed by atoms with van der Waals surface area (Å²) < 4.78 is 19.0. The van der Waals surface area contributed by atoms with Crippen molar-refractivity contribution in [3.8, 4) is 0 Å². The fraction of sp³-hybridized carbons (Fsp3) is 0.611. The molecule has 2 aliphatic rings. The highest BCUT2D eigenvalue weighted by molar-refractivity contribution is 7.99. The minimum Gasteiger partial charge on any atom is -0.378 e. The van der Waals surface area contributed by atoms with Crippen LogP contribution < -0.4 is 0 Å². The molecule has 2 aliphatic heterocycles. The van der Waals surface area contributed by atoms with Gasteiger partial charge in [0.2, 0.25) is 5.91 Å². The number of hydrogen-bond acceptors (Lipinski definition) is 4. The maximum absolute atomic E-state index is 13.6. The Morgan fingerprint density at radius 3 is 2.83 bits per heavy atom. The first-order valence-corrected chi connectivity index (χ1v) is 9.69. The normalized spacial score (nSPS) is 22.5. The van der Waals surface area contributed by atoms with E-state index in [-0.39, 0.29) is 17.6 Å². The van der Waals surface area contributed by atoms with Gasteiger partial charge in [0.25, 0.3) is 0 Å². The van der Waals surface area contributed by atoms with Gasteiger partial charge in [-0.1, -0.05) is 12.1 Å². The van der Waals surface area contributed by atoms with Crippen LogP contribution in [0.1, 0.15) is 12.8 Å². The lowest BCUT2D eigenvalue weighted by atomic mass is 9.96. The van der Waals surface area contributed by atoms with Crippen molar-refractivity contribution in [1.82, 2.24) is 9.80 Å². The highest BCUT2D eigenvalue weighted by Gasteiger charge is 2.29. The second kappa shape index (κ2) is 8.83. The predicted octanol–water partition coefficient (Wildman–Crippen LogP) is 2.49. The molecular formula is C18H25FN2O2S. The molecule has 2 saturated heterocycles. The second-order valence-corrected chi connectivity index (χ2v) is 7.49. The molecule has 1 amide bonds. The number of carbonyl (C=O) groups is 1. The molecule has 3 rings (SSSR count). The number of thioether (sulfide) groups is 1. The van der Waals surface area contributed by atoms with Crippen molar-refractivity contribution in [2.45, 2.75) is 17.7 Å². The van der Waals surface area contributed by atoms with E-state index >= 15 is 0 Å². The molecule has 24 heavy (non-hydrogen) atoms. The first-order chi connectivity index (χ1) is 11.7. The quantitative estimate of drug-likeness (QED) is 0.763. The molecule has 2 fully saturated rings. The molecule has 4 nitrogen and oxygen atoms in total. The Bertz CT molecular complexity index is 552. The summed E-state index contributed by atoms with van der Waals surface area (Å²) in [5, 5.41) is 0. The molecule has 6 heteroatoms. The number of halogens is 1. The Kier molecular flexibility index (Phi) is 6.51. The van der Waals surface area contributed by atoms with E-state index in [0.717, 1.165) is 51.3 Å². The van der Waals surface area contributed by atoms with Gasteiger partial charge in [0.1, 0.15) is 5.82 Å². The number of nitrogens with zero attached hydrogens (tertiary/aromatic N) is 2. The van der Waals surface area contributed by atoms with Gasteiger partial charge in [-0.2, -0.15) is 0 Å². The van der Waals surface area contributed by atoms with Crippen LogP contribution in [0.25, 0.3) is 0 Å². The zero-order valence-electron chi connectivity index (χ0n) is 14.0. The standard InChI is InChI=1S/C18H25FN2O2S/c19-16-5-1-2-6-17(16)24-13-10-20-7-3-4-15(14-20)18(22)21-8-11-23-12-9-21/h1-2,5-6,15H,3-4,7-14H2. The SMILES string of the molecule is O=C(C1CCCN(CCSc2ccccc2F)C1)N1CCOCC1. The second-order valence-electron chi connectivity index (χ2n) is 6.36. The van der Waals surface area contributed by atoms with Crippen molar-refractivity contribution in [3.63, 3.8) is 0 Å². The third-order valence-electron chi connectivity index (χ3n) is 4.68. The van der Waals surface area contributed by atoms with Crippen molar-refractivity contribution in [2.24, 2.45) is 5.92 Å². The van der Waals surface area contributed by atoms with E-state index < -0.39 is 0 Å². The van der Waals surface area contributed by atoms with Gasteiger partial charge in [-0.3, -0.25) is 4.79 Å². The number of ether oxygens (including phenoxy) is 1. The molecule has 0 bridgehead atoms. The predicted molar refractivity (Wildman–Crippen MR) is 93.7 cm³/mol. The molecule has 0 aromatic heterocycles. The molecule has 0 saturated carbocycles. The van der Waals surface area contributed by atoms with Crippen LogP contribution in [0.3, 0.4) is 0 Å². The number of benzene rings is 1. The van der Waals surface area contributed by atoms with E-state index in [0.29, 0.717) is 18.1 Å². The lowest BCUT2D eigenvalue weighted by molar-refractivity contribution is -0.141. The van der Waals surface area contributed by atoms with Crippen molar-refractivity contribution in [3.05, 3.63) is 30.1 Å². The lowest BCUT2D eigenvalue weighted by Gasteiger charge is -2.36. The number of hydrogen-bond donors (Lipinski definition) is 0. The van der Waals surface area contributed by atoms with Crippen molar-refractivity contribution in [1.29, 1.82) is 0 Å². The number of likely N-dealkylation sites (tertiary alicyclic amines) is 1. The topological polar surface area (TPSA) is 32.8 Å². The lowest BCUT2D eigenvalue weighted by Crippen LogP contribution is -2.48. The summed E-state index contributed by atoms with van der Waals surface area (Å²) >= 11 is 1.55. The summed E-state index contributed by atoms with van der Waals surface area (Å²) in [4.78, 5) is 17.6. The first-order valence-electron chi connectivity index (χ1n) is 8.70. The molecule has 2 heterocycles. The van der Waals surface area contributed by atoms with Crippen LogP contribution in [0, 0.1) is 11.7 Å². The maximum Gasteiger partial charge on any atom is 0.227 e. The number of amides is 1. The summed E-state index contributed by atoms with van der Waals surface area (Å²) in [5.74, 6) is 1.08. The van der Waals surface area contributed by atoms with Crippen LogP contribution in [0.15, 0.2) is 29.2 Å². The highest BCUT2D eigenvalue weighted by Crippen LogP contribution is 2.23. The average Bonchev–Trinajstić information content (AvgIpc) is 2.64. The summed E-state index contributed by atoms with van der Waals surface area (Å²) in [7, 11) is 0. The minimum absolute atomic E-state index is 0.107. The first kappa shape index (κ1) is 17.7. The van der Waals surface area contributed by atoms with Crippen LogP contribution in [-0.2, 0) is 9.53 Å². The molecule has 0 N–H and O–H groups in total. The van der Waals surface area contributed by atoms with Crippen LogP contribution >= 0.6 is 11.8 Å². The fourth-order valence-corrected chi connectivity index (χ4v) is 4.30. The van der Waals surface area contributed by atoms with Crippen LogP contribution in [0.4, 0.5) is 4.39 Å². The van der Waals surface area contributed by atoms with E-state index in [1.54, 1.807) is 17.8 Å². The van der Waals surface area contributed by atoms with E-state index in [4.69, 9.17) is 4.74 Å². The number of carbonyl (C=O) groups excluding carboxylic acids is 1. The number of piperidine rings is 1. The molecule has 0 radical (unpaired) electrons. The van der Waals surface area contributed by atoms with Gasteiger partial charge in [0.15, 0.2) is 0 Å². The Hall–Kier alpha value is -1.11. The Balaban J connectivity index is 1.45. The van der Waals surface area contributed by atoms with Gasteiger partial charge < -0.3 is 14.5 Å². The van der Waals surface area contributed by atoms with Crippen molar-refractivity contribution >= 4 is 17.7 Å². The van der Waals surface area contributed by atoms with Crippen LogP contribution in [0.2, 0.25) is 0 Å². The molecule has 0 aliphatic carbocycles. The molecule has 1 atom stereocenters. The third-order valence-corrected chi connectivity index (χ3v) is 5.71. The van der Waals surface area contributed by atoms with E-state index in [1.807, 2.05) is 17.0 Å². The summed E-state index contributed by atoms with van der Waals surface area (Å²) in [5.41, 5.74) is 0. The Morgan fingerprint density at radius 1 is 1.25 bits per heavy atom. The third kappa shape index (κ3) is 4.71. The summed E-state index contributed by atoms with van der Waals surface area (Å²) in [6.45, 7) is 5.50. The zero-order valence-corrected chi connectivity index (χ0v) is 14.8. The van der Waals surface area contributed by atoms with E-state index in [1.165, 1.54) is 6.07 Å². The van der Waals surface area contributed by atoms with Crippen molar-refractivity contribution in [2.75, 3.05) is 51.7 Å². The van der Waals surface area contributed by atoms with E-state index in [9.17, 15) is 9.18 Å². The molecular weight excluding hydrogens is 327 g/mol. The monoisotopic (exact) mass is 352 g/mol. The maximum atomic E-state index is 13.6. The highest BCUT2D eigenvalue weighted by atomic mass is 32.2. The largest absolute Gasteiger partial charge is 0.378 e. The van der Waals surface area contributed by atoms with Gasteiger partial charge in [-0.25, -0.2) is 4.39 Å². The van der Waals surface area contributed by atoms with Gasteiger partial charge in [0.05, 0.1) is 19.1 Å². The minimum atomic E-state index is -0.151. The van der Waals surface area contributed by atoms with Crippen LogP contribution in [0.5, 0.6) is 0 Å². The zero-order chi connectivity index (χ0) is 16.8. The fourth-order valence-electron chi connectivity index (χ4n) is 3.35. The van der Waals surface area contributed by atoms with Gasteiger partial charge in [-0.05, 0) is 31.5 Å². The molecule has 1 aromatic carbocycles. The molecule has 132 valence electrons. The number of morpholine rings is 1. The Morgan fingerprint density at radius 2 is 2.04 bits per heavy atom. The molecule has 0 spiro atoms. The van der Waals surface area contributed by atoms with Gasteiger partial charge >= 0.3 is 0 Å². The van der Waals surface area contributed by atoms with Crippen LogP contribution in [-0.4, -0.2) is 67.4 Å². The van der Waals surface area contributed by atoms with Gasteiger partial charge in [-0.15, -0.1) is 11.8 Å². The molecule has 1 unspecified atom stereocenters. The Labute approximate surface area is 147 Å². The van der Waals surface area contributed by atoms with Crippen molar-refractivity contribution < 1.29 is 13.9 Å². The average molecular weight is 352 g/mol. The number of rotatable bonds is 5. The van der Waals surface area contributed by atoms with E-state index in [2.05, 4.69) is 4.90 Å². The molecule has 1 aromatic rings.